The first kappa shape index (κ1) is 15.5. The van der Waals surface area contributed by atoms with E-state index in [9.17, 15) is 4.79 Å². The molecule has 0 aliphatic carbocycles. The van der Waals surface area contributed by atoms with Crippen LogP contribution in [0.3, 0.4) is 0 Å². The number of carbonyl (C=O) groups is 1. The first-order valence-corrected chi connectivity index (χ1v) is 7.71. The first-order chi connectivity index (χ1) is 11.1. The maximum Gasteiger partial charge on any atom is 0.273 e. The van der Waals surface area contributed by atoms with Crippen LogP contribution in [-0.4, -0.2) is 11.0 Å². The van der Waals surface area contributed by atoms with E-state index in [0.717, 1.165) is 11.1 Å². The molecular formula is C17H13ClN2O2S. The number of hydrogen-bond acceptors (Lipinski definition) is 3. The van der Waals surface area contributed by atoms with Crippen LogP contribution in [0.2, 0.25) is 5.02 Å². The lowest BCUT2D eigenvalue weighted by molar-refractivity contribution is -0.115. The molecule has 1 fully saturated rings. The van der Waals surface area contributed by atoms with Crippen molar-refractivity contribution in [3.8, 4) is 5.75 Å². The third-order valence-electron chi connectivity index (χ3n) is 3.25. The largest absolute Gasteiger partial charge is 0.488 e. The molecule has 0 bridgehead atoms. The molecule has 0 radical (unpaired) electrons. The Morgan fingerprint density at radius 1 is 1.09 bits per heavy atom. The minimum absolute atomic E-state index is 0.248. The quantitative estimate of drug-likeness (QED) is 0.660. The lowest BCUT2D eigenvalue weighted by Crippen LogP contribution is -2.21. The number of nitrogens with one attached hydrogen (secondary N) is 2. The maximum atomic E-state index is 11.7. The molecule has 4 nitrogen and oxygen atoms in total. The highest BCUT2D eigenvalue weighted by molar-refractivity contribution is 7.80. The Bertz CT molecular complexity index is 787. The summed E-state index contributed by atoms with van der Waals surface area (Å²) in [5.74, 6) is 0.435. The Hall–Kier alpha value is -2.37. The highest BCUT2D eigenvalue weighted by Gasteiger charge is 2.20. The van der Waals surface area contributed by atoms with Gasteiger partial charge in [0.05, 0.1) is 0 Å². The predicted molar refractivity (Wildman–Crippen MR) is 94.1 cm³/mol. The number of thiocarbonyl (C=S) groups is 1. The van der Waals surface area contributed by atoms with Gasteiger partial charge in [-0.05, 0) is 42.1 Å². The van der Waals surface area contributed by atoms with Gasteiger partial charge in [-0.1, -0.05) is 41.9 Å². The average molecular weight is 345 g/mol. The summed E-state index contributed by atoms with van der Waals surface area (Å²) in [6.07, 6.45) is 1.71. The molecule has 1 amide bonds. The van der Waals surface area contributed by atoms with E-state index in [0.29, 0.717) is 28.2 Å². The number of halogens is 1. The van der Waals surface area contributed by atoms with E-state index < -0.39 is 0 Å². The smallest absolute Gasteiger partial charge is 0.273 e. The molecule has 0 spiro atoms. The first-order valence-electron chi connectivity index (χ1n) is 6.92. The van der Waals surface area contributed by atoms with Crippen molar-refractivity contribution in [3.63, 3.8) is 0 Å². The Morgan fingerprint density at radius 2 is 1.83 bits per heavy atom. The molecule has 2 aromatic carbocycles. The van der Waals surface area contributed by atoms with Gasteiger partial charge < -0.3 is 10.1 Å². The summed E-state index contributed by atoms with van der Waals surface area (Å²) in [5, 5.41) is 6.34. The van der Waals surface area contributed by atoms with Crippen molar-refractivity contribution in [2.75, 3.05) is 0 Å². The summed E-state index contributed by atoms with van der Waals surface area (Å²) in [4.78, 5) is 11.7. The van der Waals surface area contributed by atoms with Crippen molar-refractivity contribution in [1.82, 2.24) is 10.6 Å². The van der Waals surface area contributed by atoms with E-state index in [2.05, 4.69) is 10.6 Å². The van der Waals surface area contributed by atoms with Crippen molar-refractivity contribution in [2.24, 2.45) is 0 Å². The van der Waals surface area contributed by atoms with Crippen molar-refractivity contribution >= 4 is 40.9 Å². The van der Waals surface area contributed by atoms with Crippen LogP contribution in [0, 0.1) is 0 Å². The molecule has 1 aliphatic heterocycles. The van der Waals surface area contributed by atoms with Gasteiger partial charge in [0, 0.05) is 10.6 Å². The predicted octanol–water partition coefficient (Wildman–Crippen LogP) is 3.26. The van der Waals surface area contributed by atoms with Crippen LogP contribution in [0.4, 0.5) is 0 Å². The van der Waals surface area contributed by atoms with E-state index >= 15 is 0 Å². The van der Waals surface area contributed by atoms with Crippen LogP contribution in [0.25, 0.3) is 6.08 Å². The standard InChI is InChI=1S/C17H13ClN2O2S/c18-13-7-5-11(6-8-13)10-22-15-4-2-1-3-12(15)9-14-16(21)20-17(23)19-14/h1-9H,10H2,(H2,19,20,21,23). The maximum absolute atomic E-state index is 11.7. The zero-order chi connectivity index (χ0) is 16.2. The summed E-state index contributed by atoms with van der Waals surface area (Å²) in [6, 6.07) is 15.0. The van der Waals surface area contributed by atoms with Gasteiger partial charge in [-0.2, -0.15) is 0 Å². The third kappa shape index (κ3) is 3.88. The summed E-state index contributed by atoms with van der Waals surface area (Å²) < 4.78 is 5.86. The fourth-order valence-electron chi connectivity index (χ4n) is 2.11. The second-order valence-electron chi connectivity index (χ2n) is 4.92. The van der Waals surface area contributed by atoms with Crippen LogP contribution in [0.5, 0.6) is 5.75 Å². The lowest BCUT2D eigenvalue weighted by Gasteiger charge is -2.10. The molecule has 0 atom stereocenters. The summed E-state index contributed by atoms with van der Waals surface area (Å²) in [5.41, 5.74) is 2.20. The molecule has 0 unspecified atom stereocenters. The van der Waals surface area contributed by atoms with Crippen LogP contribution in [-0.2, 0) is 11.4 Å². The Labute approximate surface area is 144 Å². The molecule has 0 aromatic heterocycles. The molecule has 1 aliphatic rings. The van der Waals surface area contributed by atoms with Gasteiger partial charge in [0.15, 0.2) is 5.11 Å². The molecule has 2 N–H and O–H groups in total. The topological polar surface area (TPSA) is 50.4 Å². The molecule has 1 heterocycles. The third-order valence-corrected chi connectivity index (χ3v) is 3.70. The highest BCUT2D eigenvalue weighted by atomic mass is 35.5. The van der Waals surface area contributed by atoms with Gasteiger partial charge in [0.1, 0.15) is 18.1 Å². The molecule has 116 valence electrons. The normalized spacial score (nSPS) is 15.4. The number of para-hydroxylation sites is 1. The Kier molecular flexibility index (Phi) is 4.60. The van der Waals surface area contributed by atoms with Crippen molar-refractivity contribution in [3.05, 3.63) is 70.4 Å². The zero-order valence-corrected chi connectivity index (χ0v) is 13.6. The number of ether oxygens (including phenoxy) is 1. The molecule has 0 saturated carbocycles. The van der Waals surface area contributed by atoms with Crippen LogP contribution in [0.15, 0.2) is 54.2 Å². The van der Waals surface area contributed by atoms with Crippen molar-refractivity contribution in [2.45, 2.75) is 6.61 Å². The van der Waals surface area contributed by atoms with E-state index in [1.54, 1.807) is 6.08 Å². The van der Waals surface area contributed by atoms with E-state index in [1.165, 1.54) is 0 Å². The van der Waals surface area contributed by atoms with E-state index in [4.69, 9.17) is 28.6 Å². The monoisotopic (exact) mass is 344 g/mol. The van der Waals surface area contributed by atoms with Crippen LogP contribution < -0.4 is 15.4 Å². The lowest BCUT2D eigenvalue weighted by atomic mass is 10.1. The van der Waals surface area contributed by atoms with Crippen molar-refractivity contribution in [1.29, 1.82) is 0 Å². The van der Waals surface area contributed by atoms with Gasteiger partial charge in [-0.25, -0.2) is 0 Å². The van der Waals surface area contributed by atoms with Crippen LogP contribution >= 0.6 is 23.8 Å². The number of rotatable bonds is 4. The second-order valence-corrected chi connectivity index (χ2v) is 5.76. The minimum Gasteiger partial charge on any atom is -0.488 e. The van der Waals surface area contributed by atoms with Crippen molar-refractivity contribution < 1.29 is 9.53 Å². The second kappa shape index (κ2) is 6.81. The number of hydrogen-bond donors (Lipinski definition) is 2. The van der Waals surface area contributed by atoms with Gasteiger partial charge in [-0.3, -0.25) is 10.1 Å². The minimum atomic E-state index is -0.248. The zero-order valence-electron chi connectivity index (χ0n) is 12.0. The van der Waals surface area contributed by atoms with Gasteiger partial charge >= 0.3 is 0 Å². The summed E-state index contributed by atoms with van der Waals surface area (Å²) in [7, 11) is 0. The van der Waals surface area contributed by atoms with Gasteiger partial charge in [-0.15, -0.1) is 0 Å². The van der Waals surface area contributed by atoms with Gasteiger partial charge in [0.2, 0.25) is 0 Å². The molecule has 6 heteroatoms. The van der Waals surface area contributed by atoms with E-state index in [-0.39, 0.29) is 5.91 Å². The highest BCUT2D eigenvalue weighted by Crippen LogP contribution is 2.22. The molecule has 1 saturated heterocycles. The molecule has 23 heavy (non-hydrogen) atoms. The summed E-state index contributed by atoms with van der Waals surface area (Å²) in [6.45, 7) is 0.412. The number of carbonyl (C=O) groups excluding carboxylic acids is 1. The molecule has 3 rings (SSSR count). The number of amides is 1. The molecular weight excluding hydrogens is 332 g/mol. The Balaban J connectivity index is 1.78. The van der Waals surface area contributed by atoms with Crippen LogP contribution in [0.1, 0.15) is 11.1 Å². The van der Waals surface area contributed by atoms with Gasteiger partial charge in [0.25, 0.3) is 5.91 Å². The number of benzene rings is 2. The Morgan fingerprint density at radius 3 is 2.52 bits per heavy atom. The van der Waals surface area contributed by atoms with E-state index in [1.807, 2.05) is 48.5 Å². The molecule has 2 aromatic rings. The SMILES string of the molecule is O=C1NC(=S)NC1=Cc1ccccc1OCc1ccc(Cl)cc1. The average Bonchev–Trinajstić information content (AvgIpc) is 2.86. The summed E-state index contributed by atoms with van der Waals surface area (Å²) >= 11 is 10.8. The fourth-order valence-corrected chi connectivity index (χ4v) is 2.44. The fraction of sp³-hybridized carbons (Fsp3) is 0.0588.